The Labute approximate surface area is 187 Å². The summed E-state index contributed by atoms with van der Waals surface area (Å²) >= 11 is 0. The molecular formula is C25H20F3NO4. The summed E-state index contributed by atoms with van der Waals surface area (Å²) in [6.07, 6.45) is -3.29. The van der Waals surface area contributed by atoms with Crippen LogP contribution in [0, 0.1) is 0 Å². The molecule has 2 N–H and O–H groups in total. The summed E-state index contributed by atoms with van der Waals surface area (Å²) in [5, 5.41) is 12.0. The van der Waals surface area contributed by atoms with E-state index >= 15 is 0 Å². The molecule has 33 heavy (non-hydrogen) atoms. The summed E-state index contributed by atoms with van der Waals surface area (Å²) in [4.78, 5) is 13.2. The number of rotatable bonds is 5. The van der Waals surface area contributed by atoms with Crippen LogP contribution < -0.4 is 14.8 Å². The fourth-order valence-corrected chi connectivity index (χ4v) is 4.11. The summed E-state index contributed by atoms with van der Waals surface area (Å²) in [6, 6.07) is 15.1. The first kappa shape index (κ1) is 21.3. The van der Waals surface area contributed by atoms with E-state index < -0.39 is 17.2 Å². The number of ether oxygens (including phenoxy) is 2. The second-order valence-electron chi connectivity index (χ2n) is 8.22. The van der Waals surface area contributed by atoms with E-state index in [4.69, 9.17) is 9.47 Å². The molecule has 0 saturated heterocycles. The number of carbonyl (C=O) groups is 1. The molecule has 170 valence electrons. The van der Waals surface area contributed by atoms with Crippen LogP contribution in [0.1, 0.15) is 29.5 Å². The van der Waals surface area contributed by atoms with Crippen LogP contribution in [-0.4, -0.2) is 17.8 Å². The molecule has 3 aromatic rings. The number of alkyl halides is 3. The Morgan fingerprint density at radius 2 is 1.70 bits per heavy atom. The molecule has 1 amide bonds. The lowest BCUT2D eigenvalue weighted by atomic mass is 9.94. The molecule has 5 nitrogen and oxygen atoms in total. The van der Waals surface area contributed by atoms with Crippen molar-refractivity contribution in [2.75, 3.05) is 12.1 Å². The van der Waals surface area contributed by atoms with Crippen LogP contribution in [-0.2, 0) is 23.0 Å². The first-order chi connectivity index (χ1) is 15.8. The van der Waals surface area contributed by atoms with Gasteiger partial charge in [0.1, 0.15) is 0 Å². The van der Waals surface area contributed by atoms with Gasteiger partial charge in [0, 0.05) is 5.69 Å². The molecule has 0 radical (unpaired) electrons. The average Bonchev–Trinajstić information content (AvgIpc) is 3.49. The van der Waals surface area contributed by atoms with E-state index in [1.54, 1.807) is 24.3 Å². The van der Waals surface area contributed by atoms with Crippen LogP contribution >= 0.6 is 0 Å². The van der Waals surface area contributed by atoms with Gasteiger partial charge in [-0.3, -0.25) is 4.79 Å². The van der Waals surface area contributed by atoms with E-state index in [2.05, 4.69) is 5.32 Å². The molecule has 1 fully saturated rings. The monoisotopic (exact) mass is 455 g/mol. The minimum Gasteiger partial charge on any atom is -0.454 e. The second kappa shape index (κ2) is 7.81. The van der Waals surface area contributed by atoms with E-state index in [1.165, 1.54) is 24.3 Å². The van der Waals surface area contributed by atoms with Crippen LogP contribution in [0.15, 0.2) is 60.7 Å². The molecule has 1 aliphatic heterocycles. The molecule has 0 atom stereocenters. The van der Waals surface area contributed by atoms with Crippen molar-refractivity contribution in [3.8, 4) is 22.6 Å². The van der Waals surface area contributed by atoms with Crippen molar-refractivity contribution >= 4 is 11.6 Å². The topological polar surface area (TPSA) is 67.8 Å². The smallest absolute Gasteiger partial charge is 0.417 e. The lowest BCUT2D eigenvalue weighted by Gasteiger charge is -2.19. The van der Waals surface area contributed by atoms with Gasteiger partial charge in [-0.05, 0) is 65.4 Å². The van der Waals surface area contributed by atoms with Gasteiger partial charge in [-0.1, -0.05) is 30.3 Å². The van der Waals surface area contributed by atoms with Gasteiger partial charge in [0.2, 0.25) is 12.7 Å². The summed E-state index contributed by atoms with van der Waals surface area (Å²) in [5.74, 6) is 0.923. The van der Waals surface area contributed by atoms with Crippen LogP contribution in [0.3, 0.4) is 0 Å². The molecule has 1 saturated carbocycles. The van der Waals surface area contributed by atoms with Gasteiger partial charge in [-0.2, -0.15) is 13.2 Å². The number of benzene rings is 3. The standard InChI is InChI=1S/C25H20F3NO4/c26-25(27,28)20-7-6-18(12-19(20)16-3-1-15(13-30)2-4-16)29-23(31)24(9-10-24)17-5-8-21-22(11-17)33-14-32-21/h1-8,11-12,30H,9-10,13-14H2,(H,29,31). The Bertz CT molecular complexity index is 1220. The van der Waals surface area contributed by atoms with Crippen LogP contribution in [0.5, 0.6) is 11.5 Å². The number of nitrogens with one attached hydrogen (secondary N) is 1. The fourth-order valence-electron chi connectivity index (χ4n) is 4.11. The van der Waals surface area contributed by atoms with Gasteiger partial charge in [0.15, 0.2) is 11.5 Å². The Morgan fingerprint density at radius 3 is 2.36 bits per heavy atom. The quantitative estimate of drug-likeness (QED) is 0.551. The zero-order chi connectivity index (χ0) is 23.2. The van der Waals surface area contributed by atoms with Crippen LogP contribution in [0.4, 0.5) is 18.9 Å². The van der Waals surface area contributed by atoms with Gasteiger partial charge in [-0.25, -0.2) is 0 Å². The number of anilines is 1. The lowest BCUT2D eigenvalue weighted by molar-refractivity contribution is -0.137. The molecular weight excluding hydrogens is 435 g/mol. The van der Waals surface area contributed by atoms with Gasteiger partial charge >= 0.3 is 6.18 Å². The van der Waals surface area contributed by atoms with E-state index in [0.717, 1.165) is 11.6 Å². The zero-order valence-electron chi connectivity index (χ0n) is 17.4. The molecule has 0 bridgehead atoms. The van der Waals surface area contributed by atoms with Crippen molar-refractivity contribution in [2.24, 2.45) is 0 Å². The van der Waals surface area contributed by atoms with Crippen LogP contribution in [0.2, 0.25) is 0 Å². The predicted octanol–water partition coefficient (Wildman–Crippen LogP) is 5.26. The van der Waals surface area contributed by atoms with Crippen LogP contribution in [0.25, 0.3) is 11.1 Å². The van der Waals surface area contributed by atoms with Gasteiger partial charge in [-0.15, -0.1) is 0 Å². The number of aliphatic hydroxyl groups is 1. The Balaban J connectivity index is 1.45. The number of aliphatic hydroxyl groups excluding tert-OH is 1. The third-order valence-corrected chi connectivity index (χ3v) is 6.14. The maximum absolute atomic E-state index is 13.7. The van der Waals surface area contributed by atoms with E-state index in [1.807, 2.05) is 6.07 Å². The van der Waals surface area contributed by atoms with Crippen molar-refractivity contribution in [2.45, 2.75) is 31.0 Å². The molecule has 0 aromatic heterocycles. The maximum Gasteiger partial charge on any atom is 0.417 e. The lowest BCUT2D eigenvalue weighted by Crippen LogP contribution is -2.27. The first-order valence-corrected chi connectivity index (χ1v) is 10.4. The molecule has 2 aliphatic rings. The Kier molecular flexibility index (Phi) is 5.05. The number of hydrogen-bond donors (Lipinski definition) is 2. The zero-order valence-corrected chi connectivity index (χ0v) is 17.4. The van der Waals surface area contributed by atoms with Gasteiger partial charge < -0.3 is 19.9 Å². The summed E-state index contributed by atoms with van der Waals surface area (Å²) < 4.78 is 51.7. The third kappa shape index (κ3) is 3.91. The fraction of sp³-hybridized carbons (Fsp3) is 0.240. The molecule has 0 unspecified atom stereocenters. The molecule has 3 aromatic carbocycles. The molecule has 1 aliphatic carbocycles. The Hall–Kier alpha value is -3.52. The highest BCUT2D eigenvalue weighted by Crippen LogP contribution is 2.51. The number of hydrogen-bond acceptors (Lipinski definition) is 4. The summed E-state index contributed by atoms with van der Waals surface area (Å²) in [6.45, 7) is -0.0734. The third-order valence-electron chi connectivity index (χ3n) is 6.14. The van der Waals surface area contributed by atoms with Crippen molar-refractivity contribution in [3.63, 3.8) is 0 Å². The van der Waals surface area contributed by atoms with E-state index in [0.29, 0.717) is 35.5 Å². The highest BCUT2D eigenvalue weighted by atomic mass is 19.4. The number of carbonyl (C=O) groups excluding carboxylic acids is 1. The Morgan fingerprint density at radius 1 is 0.970 bits per heavy atom. The maximum atomic E-state index is 13.7. The summed E-state index contributed by atoms with van der Waals surface area (Å²) in [5.41, 5.74) is 0.417. The average molecular weight is 455 g/mol. The molecule has 0 spiro atoms. The highest BCUT2D eigenvalue weighted by molar-refractivity contribution is 6.02. The van der Waals surface area contributed by atoms with Crippen molar-refractivity contribution in [3.05, 3.63) is 77.4 Å². The summed E-state index contributed by atoms with van der Waals surface area (Å²) in [7, 11) is 0. The first-order valence-electron chi connectivity index (χ1n) is 10.4. The molecule has 8 heteroatoms. The SMILES string of the molecule is O=C(Nc1ccc(C(F)(F)F)c(-c2ccc(CO)cc2)c1)C1(c2ccc3c(c2)OCO3)CC1. The number of amides is 1. The molecule has 5 rings (SSSR count). The van der Waals surface area contributed by atoms with Crippen molar-refractivity contribution < 1.29 is 32.5 Å². The van der Waals surface area contributed by atoms with E-state index in [-0.39, 0.29) is 30.6 Å². The van der Waals surface area contributed by atoms with Crippen molar-refractivity contribution in [1.82, 2.24) is 0 Å². The normalized spacial score (nSPS) is 15.9. The minimum atomic E-state index is -4.56. The minimum absolute atomic E-state index is 0.0438. The number of halogens is 3. The second-order valence-corrected chi connectivity index (χ2v) is 8.22. The van der Waals surface area contributed by atoms with Crippen molar-refractivity contribution in [1.29, 1.82) is 0 Å². The predicted molar refractivity (Wildman–Crippen MR) is 115 cm³/mol. The van der Waals surface area contributed by atoms with E-state index in [9.17, 15) is 23.1 Å². The van der Waals surface area contributed by atoms with Gasteiger partial charge in [0.25, 0.3) is 0 Å². The number of fused-ring (bicyclic) bond motifs is 1. The largest absolute Gasteiger partial charge is 0.454 e. The van der Waals surface area contributed by atoms with Gasteiger partial charge in [0.05, 0.1) is 17.6 Å². The highest BCUT2D eigenvalue weighted by Gasteiger charge is 2.51. The molecule has 1 heterocycles.